The number of phenols is 1. The predicted octanol–water partition coefficient (Wildman–Crippen LogP) is 1.84. The Morgan fingerprint density at radius 2 is 2.24 bits per heavy atom. The summed E-state index contributed by atoms with van der Waals surface area (Å²) in [6.07, 6.45) is 3.44. The molecule has 17 heavy (non-hydrogen) atoms. The monoisotopic (exact) mass is 238 g/mol. The standard InChI is InChI=1S/C13H19FN2O/c14-11-4-5-13(17)10(7-11)9-16-6-2-1-3-12(16)8-15/h4-5,7,12,17H,1-3,6,8-9,15H2. The summed E-state index contributed by atoms with van der Waals surface area (Å²) >= 11 is 0. The summed E-state index contributed by atoms with van der Waals surface area (Å²) in [7, 11) is 0. The zero-order valence-corrected chi connectivity index (χ0v) is 9.90. The van der Waals surface area contributed by atoms with Crippen LogP contribution in [-0.4, -0.2) is 29.1 Å². The Kier molecular flexibility index (Phi) is 3.97. The van der Waals surface area contributed by atoms with Gasteiger partial charge in [0.05, 0.1) is 0 Å². The Bertz CT molecular complexity index is 384. The SMILES string of the molecule is NCC1CCCCN1Cc1cc(F)ccc1O. The fraction of sp³-hybridized carbons (Fsp3) is 0.538. The van der Waals surface area contributed by atoms with E-state index in [2.05, 4.69) is 4.90 Å². The maximum Gasteiger partial charge on any atom is 0.123 e. The van der Waals surface area contributed by atoms with Crippen molar-refractivity contribution in [2.24, 2.45) is 5.73 Å². The molecular formula is C13H19FN2O. The van der Waals surface area contributed by atoms with Crippen molar-refractivity contribution in [2.45, 2.75) is 31.8 Å². The van der Waals surface area contributed by atoms with E-state index in [1.54, 1.807) is 0 Å². The highest BCUT2D eigenvalue weighted by Crippen LogP contribution is 2.24. The number of phenolic OH excluding ortho intramolecular Hbond substituents is 1. The second-order valence-electron chi connectivity index (χ2n) is 4.63. The van der Waals surface area contributed by atoms with Gasteiger partial charge in [-0.3, -0.25) is 4.90 Å². The molecule has 1 heterocycles. The molecule has 0 aliphatic carbocycles. The topological polar surface area (TPSA) is 49.5 Å². The van der Waals surface area contributed by atoms with Crippen molar-refractivity contribution >= 4 is 0 Å². The minimum Gasteiger partial charge on any atom is -0.508 e. The molecule has 1 aliphatic rings. The summed E-state index contributed by atoms with van der Waals surface area (Å²) in [6, 6.07) is 4.44. The summed E-state index contributed by atoms with van der Waals surface area (Å²) < 4.78 is 13.1. The first kappa shape index (κ1) is 12.3. The van der Waals surface area contributed by atoms with E-state index in [4.69, 9.17) is 5.73 Å². The van der Waals surface area contributed by atoms with E-state index in [0.717, 1.165) is 19.4 Å². The molecular weight excluding hydrogens is 219 g/mol. The van der Waals surface area contributed by atoms with Crippen LogP contribution < -0.4 is 5.73 Å². The van der Waals surface area contributed by atoms with E-state index in [1.807, 2.05) is 0 Å². The van der Waals surface area contributed by atoms with Crippen molar-refractivity contribution in [2.75, 3.05) is 13.1 Å². The summed E-state index contributed by atoms with van der Waals surface area (Å²) in [5, 5.41) is 9.70. The van der Waals surface area contributed by atoms with Crippen molar-refractivity contribution in [3.63, 3.8) is 0 Å². The molecule has 1 aliphatic heterocycles. The Morgan fingerprint density at radius 3 is 3.00 bits per heavy atom. The molecule has 2 rings (SSSR count). The van der Waals surface area contributed by atoms with Crippen LogP contribution in [0.2, 0.25) is 0 Å². The zero-order chi connectivity index (χ0) is 12.3. The molecule has 3 nitrogen and oxygen atoms in total. The number of likely N-dealkylation sites (tertiary alicyclic amines) is 1. The van der Waals surface area contributed by atoms with Crippen LogP contribution in [0.25, 0.3) is 0 Å². The second kappa shape index (κ2) is 5.47. The average molecular weight is 238 g/mol. The number of nitrogens with two attached hydrogens (primary N) is 1. The molecule has 94 valence electrons. The lowest BCUT2D eigenvalue weighted by molar-refractivity contribution is 0.143. The number of rotatable bonds is 3. The lowest BCUT2D eigenvalue weighted by Gasteiger charge is -2.35. The lowest BCUT2D eigenvalue weighted by Crippen LogP contribution is -2.43. The first-order valence-corrected chi connectivity index (χ1v) is 6.12. The van der Waals surface area contributed by atoms with Gasteiger partial charge in [-0.1, -0.05) is 6.42 Å². The minimum atomic E-state index is -0.306. The summed E-state index contributed by atoms with van der Waals surface area (Å²) in [6.45, 7) is 2.17. The van der Waals surface area contributed by atoms with Crippen LogP contribution >= 0.6 is 0 Å². The molecule has 0 radical (unpaired) electrons. The Balaban J connectivity index is 2.10. The van der Waals surface area contributed by atoms with E-state index in [9.17, 15) is 9.50 Å². The number of piperidine rings is 1. The highest BCUT2D eigenvalue weighted by molar-refractivity contribution is 5.32. The Morgan fingerprint density at radius 1 is 1.41 bits per heavy atom. The highest BCUT2D eigenvalue weighted by Gasteiger charge is 2.21. The van der Waals surface area contributed by atoms with Gasteiger partial charge in [0.2, 0.25) is 0 Å². The van der Waals surface area contributed by atoms with E-state index in [1.165, 1.54) is 24.6 Å². The minimum absolute atomic E-state index is 0.160. The third-order valence-electron chi connectivity index (χ3n) is 3.44. The molecule has 0 spiro atoms. The number of hydrogen-bond donors (Lipinski definition) is 2. The molecule has 4 heteroatoms. The normalized spacial score (nSPS) is 21.6. The van der Waals surface area contributed by atoms with Crippen LogP contribution in [0.1, 0.15) is 24.8 Å². The van der Waals surface area contributed by atoms with Gasteiger partial charge in [0.1, 0.15) is 11.6 Å². The number of halogens is 1. The summed E-state index contributed by atoms with van der Waals surface area (Å²) in [5.41, 5.74) is 6.38. The third kappa shape index (κ3) is 2.96. The maximum atomic E-state index is 13.1. The largest absolute Gasteiger partial charge is 0.508 e. The third-order valence-corrected chi connectivity index (χ3v) is 3.44. The van der Waals surface area contributed by atoms with Gasteiger partial charge in [0.15, 0.2) is 0 Å². The van der Waals surface area contributed by atoms with Gasteiger partial charge in [0, 0.05) is 24.7 Å². The fourth-order valence-corrected chi connectivity index (χ4v) is 2.43. The average Bonchev–Trinajstić information content (AvgIpc) is 2.34. The smallest absolute Gasteiger partial charge is 0.123 e. The van der Waals surface area contributed by atoms with Gasteiger partial charge in [-0.05, 0) is 37.6 Å². The lowest BCUT2D eigenvalue weighted by atomic mass is 10.0. The maximum absolute atomic E-state index is 13.1. The van der Waals surface area contributed by atoms with Crippen molar-refractivity contribution in [1.82, 2.24) is 4.90 Å². The van der Waals surface area contributed by atoms with Crippen LogP contribution in [0.15, 0.2) is 18.2 Å². The predicted molar refractivity (Wildman–Crippen MR) is 65.2 cm³/mol. The summed E-state index contributed by atoms with van der Waals surface area (Å²) in [5.74, 6) is -0.146. The van der Waals surface area contributed by atoms with Gasteiger partial charge in [-0.15, -0.1) is 0 Å². The number of aromatic hydroxyl groups is 1. The van der Waals surface area contributed by atoms with E-state index in [0.29, 0.717) is 24.7 Å². The molecule has 1 aromatic carbocycles. The van der Waals surface area contributed by atoms with Crippen LogP contribution in [-0.2, 0) is 6.54 Å². The molecule has 1 unspecified atom stereocenters. The molecule has 3 N–H and O–H groups in total. The van der Waals surface area contributed by atoms with Gasteiger partial charge in [0.25, 0.3) is 0 Å². The van der Waals surface area contributed by atoms with Crippen LogP contribution in [0.5, 0.6) is 5.75 Å². The van der Waals surface area contributed by atoms with Crippen molar-refractivity contribution in [1.29, 1.82) is 0 Å². The molecule has 1 saturated heterocycles. The van der Waals surface area contributed by atoms with Gasteiger partial charge in [-0.25, -0.2) is 4.39 Å². The van der Waals surface area contributed by atoms with E-state index >= 15 is 0 Å². The molecule has 0 aromatic heterocycles. The van der Waals surface area contributed by atoms with Crippen LogP contribution in [0.3, 0.4) is 0 Å². The van der Waals surface area contributed by atoms with Crippen molar-refractivity contribution in [3.8, 4) is 5.75 Å². The number of hydrogen-bond acceptors (Lipinski definition) is 3. The Hall–Kier alpha value is -1.13. The Labute approximate surface area is 101 Å². The summed E-state index contributed by atoms with van der Waals surface area (Å²) in [4.78, 5) is 2.23. The molecule has 1 fully saturated rings. The molecule has 0 bridgehead atoms. The van der Waals surface area contributed by atoms with E-state index < -0.39 is 0 Å². The first-order chi connectivity index (χ1) is 8.20. The first-order valence-electron chi connectivity index (χ1n) is 6.12. The molecule has 1 aromatic rings. The molecule has 0 saturated carbocycles. The molecule has 0 amide bonds. The van der Waals surface area contributed by atoms with Gasteiger partial charge < -0.3 is 10.8 Å². The van der Waals surface area contributed by atoms with Gasteiger partial charge >= 0.3 is 0 Å². The number of benzene rings is 1. The quantitative estimate of drug-likeness (QED) is 0.845. The van der Waals surface area contributed by atoms with Crippen LogP contribution in [0, 0.1) is 5.82 Å². The number of nitrogens with zero attached hydrogens (tertiary/aromatic N) is 1. The van der Waals surface area contributed by atoms with Crippen molar-refractivity contribution < 1.29 is 9.50 Å². The zero-order valence-electron chi connectivity index (χ0n) is 9.90. The van der Waals surface area contributed by atoms with Crippen LogP contribution in [0.4, 0.5) is 4.39 Å². The highest BCUT2D eigenvalue weighted by atomic mass is 19.1. The van der Waals surface area contributed by atoms with E-state index in [-0.39, 0.29) is 11.6 Å². The molecule has 1 atom stereocenters. The fourth-order valence-electron chi connectivity index (χ4n) is 2.43. The van der Waals surface area contributed by atoms with Crippen molar-refractivity contribution in [3.05, 3.63) is 29.6 Å². The second-order valence-corrected chi connectivity index (χ2v) is 4.63. The van der Waals surface area contributed by atoms with Gasteiger partial charge in [-0.2, -0.15) is 0 Å².